The third-order valence-corrected chi connectivity index (χ3v) is 9.10. The fraction of sp³-hybridized carbons (Fsp3) is 0.778. The third kappa shape index (κ3) is 38.7. The molecule has 0 radical (unpaired) electrons. The minimum atomic E-state index is -0.784. The van der Waals surface area contributed by atoms with Gasteiger partial charge in [-0.3, -0.25) is 9.59 Å². The highest BCUT2D eigenvalue weighted by atomic mass is 16.6. The summed E-state index contributed by atoms with van der Waals surface area (Å²) < 4.78 is 10.6. The summed E-state index contributed by atoms with van der Waals surface area (Å²) in [5, 5.41) is 9.57. The molecule has 290 valence electrons. The number of aliphatic hydroxyl groups excluding tert-OH is 1. The second kappa shape index (κ2) is 41.3. The zero-order chi connectivity index (χ0) is 36.4. The van der Waals surface area contributed by atoms with Gasteiger partial charge in [-0.25, -0.2) is 0 Å². The Morgan fingerprint density at radius 3 is 1.26 bits per heavy atom. The van der Waals surface area contributed by atoms with Crippen LogP contribution in [-0.2, 0) is 19.1 Å². The van der Waals surface area contributed by atoms with E-state index in [9.17, 15) is 14.7 Å². The van der Waals surface area contributed by atoms with Crippen molar-refractivity contribution in [1.82, 2.24) is 0 Å². The molecule has 0 saturated heterocycles. The summed E-state index contributed by atoms with van der Waals surface area (Å²) >= 11 is 0. The third-order valence-electron chi connectivity index (χ3n) is 9.10. The molecule has 0 fully saturated rings. The Labute approximate surface area is 309 Å². The van der Waals surface area contributed by atoms with Crippen molar-refractivity contribution < 1.29 is 24.2 Å². The lowest BCUT2D eigenvalue weighted by Gasteiger charge is -2.15. The predicted octanol–water partition coefficient (Wildman–Crippen LogP) is 13.4. The Balaban J connectivity index is 3.58. The van der Waals surface area contributed by atoms with Gasteiger partial charge >= 0.3 is 11.9 Å². The molecule has 0 unspecified atom stereocenters. The van der Waals surface area contributed by atoms with Crippen LogP contribution in [0.3, 0.4) is 0 Å². The number of carbonyl (C=O) groups excluding carboxylic acids is 2. The zero-order valence-electron chi connectivity index (χ0n) is 32.9. The zero-order valence-corrected chi connectivity index (χ0v) is 32.9. The molecule has 50 heavy (non-hydrogen) atoms. The molecule has 5 nitrogen and oxygen atoms in total. The molecule has 0 heterocycles. The first-order chi connectivity index (χ1) is 24.6. The van der Waals surface area contributed by atoms with E-state index in [4.69, 9.17) is 9.47 Å². The van der Waals surface area contributed by atoms with E-state index in [0.717, 1.165) is 64.2 Å². The molecule has 1 atom stereocenters. The fourth-order valence-corrected chi connectivity index (χ4v) is 5.85. The first kappa shape index (κ1) is 47.9. The second-order valence-corrected chi connectivity index (χ2v) is 14.1. The van der Waals surface area contributed by atoms with Crippen LogP contribution in [0.25, 0.3) is 0 Å². The maximum atomic E-state index is 12.2. The monoisotopic (exact) mass is 701 g/mol. The molecule has 5 heteroatoms. The van der Waals surface area contributed by atoms with E-state index in [-0.39, 0.29) is 25.2 Å². The van der Waals surface area contributed by atoms with Crippen LogP contribution in [0.4, 0.5) is 0 Å². The first-order valence-corrected chi connectivity index (χ1v) is 21.2. The van der Waals surface area contributed by atoms with E-state index in [2.05, 4.69) is 62.5 Å². The van der Waals surface area contributed by atoms with E-state index < -0.39 is 6.10 Å². The highest BCUT2D eigenvalue weighted by Gasteiger charge is 2.16. The minimum absolute atomic E-state index is 0.0761. The standard InChI is InChI=1S/C45H80O5/c1-3-5-7-9-11-13-15-17-19-21-22-24-25-27-29-31-33-35-37-39-44(47)49-42-43(41-46)50-45(48)40-38-36-34-32-30-28-26-23-20-18-16-14-12-10-8-6-4-2/h12,14,17-20,26,28,43,46H,3-11,13,15-16,21-25,27,29-42H2,1-2H3/t43-/m0/s1. The number of hydrogen-bond acceptors (Lipinski definition) is 5. The highest BCUT2D eigenvalue weighted by molar-refractivity contribution is 5.70. The van der Waals surface area contributed by atoms with E-state index in [0.29, 0.717) is 12.8 Å². The summed E-state index contributed by atoms with van der Waals surface area (Å²) in [6.45, 7) is 4.09. The minimum Gasteiger partial charge on any atom is -0.462 e. The highest BCUT2D eigenvalue weighted by Crippen LogP contribution is 2.13. The molecule has 0 saturated carbocycles. The summed E-state index contributed by atoms with van der Waals surface area (Å²) in [5.74, 6) is -0.617. The summed E-state index contributed by atoms with van der Waals surface area (Å²) in [7, 11) is 0. The Morgan fingerprint density at radius 2 is 0.800 bits per heavy atom. The Bertz CT molecular complexity index is 842. The van der Waals surface area contributed by atoms with Crippen LogP contribution < -0.4 is 0 Å². The van der Waals surface area contributed by atoms with Crippen molar-refractivity contribution in [3.8, 4) is 0 Å². The lowest BCUT2D eigenvalue weighted by Crippen LogP contribution is -2.28. The van der Waals surface area contributed by atoms with E-state index in [1.807, 2.05) is 0 Å². The van der Waals surface area contributed by atoms with Gasteiger partial charge in [0.15, 0.2) is 6.10 Å². The van der Waals surface area contributed by atoms with Gasteiger partial charge in [0.2, 0.25) is 0 Å². The second-order valence-electron chi connectivity index (χ2n) is 14.1. The number of unbranched alkanes of at least 4 members (excludes halogenated alkanes) is 22. The van der Waals surface area contributed by atoms with Crippen LogP contribution in [-0.4, -0.2) is 36.4 Å². The lowest BCUT2D eigenvalue weighted by atomic mass is 10.1. The van der Waals surface area contributed by atoms with E-state index >= 15 is 0 Å². The number of esters is 2. The van der Waals surface area contributed by atoms with Crippen molar-refractivity contribution in [2.75, 3.05) is 13.2 Å². The van der Waals surface area contributed by atoms with Crippen LogP contribution in [0.1, 0.15) is 206 Å². The normalized spacial score (nSPS) is 12.6. The number of ether oxygens (including phenoxy) is 2. The summed E-state index contributed by atoms with van der Waals surface area (Å²) in [5.41, 5.74) is 0. The SMILES string of the molecule is CCCCCC=CCC=CCC=CCCCCCCC(=O)O[C@@H](CO)COC(=O)CCCCCCCCCCCC=CCCCCCCCC. The molecule has 0 aliphatic heterocycles. The average molecular weight is 701 g/mol. The Morgan fingerprint density at radius 1 is 0.460 bits per heavy atom. The van der Waals surface area contributed by atoms with Gasteiger partial charge in [-0.2, -0.15) is 0 Å². The molecule has 0 aliphatic rings. The number of rotatable bonds is 38. The van der Waals surface area contributed by atoms with Crippen molar-refractivity contribution in [2.45, 2.75) is 213 Å². The van der Waals surface area contributed by atoms with Gasteiger partial charge in [0.05, 0.1) is 6.61 Å². The van der Waals surface area contributed by atoms with Crippen LogP contribution in [0, 0.1) is 0 Å². The van der Waals surface area contributed by atoms with Gasteiger partial charge in [-0.1, -0.05) is 165 Å². The fourth-order valence-electron chi connectivity index (χ4n) is 5.85. The topological polar surface area (TPSA) is 72.8 Å². The number of hydrogen-bond donors (Lipinski definition) is 1. The first-order valence-electron chi connectivity index (χ1n) is 21.2. The van der Waals surface area contributed by atoms with Crippen molar-refractivity contribution in [3.63, 3.8) is 0 Å². The van der Waals surface area contributed by atoms with Crippen LogP contribution in [0.15, 0.2) is 48.6 Å². The summed E-state index contributed by atoms with van der Waals surface area (Å²) in [6, 6.07) is 0. The van der Waals surface area contributed by atoms with E-state index in [1.54, 1.807) is 0 Å². The summed E-state index contributed by atoms with van der Waals surface area (Å²) in [6.07, 6.45) is 51.7. The van der Waals surface area contributed by atoms with Gasteiger partial charge in [0.25, 0.3) is 0 Å². The molecule has 0 amide bonds. The van der Waals surface area contributed by atoms with Crippen molar-refractivity contribution in [1.29, 1.82) is 0 Å². The Hall–Kier alpha value is -2.14. The maximum absolute atomic E-state index is 12.2. The molecule has 0 aromatic carbocycles. The van der Waals surface area contributed by atoms with E-state index in [1.165, 1.54) is 116 Å². The van der Waals surface area contributed by atoms with Gasteiger partial charge in [0.1, 0.15) is 6.61 Å². The molecule has 0 aromatic heterocycles. The number of aliphatic hydroxyl groups is 1. The summed E-state index contributed by atoms with van der Waals surface area (Å²) in [4.78, 5) is 24.3. The molecule has 0 aliphatic carbocycles. The molecule has 0 spiro atoms. The van der Waals surface area contributed by atoms with Crippen LogP contribution in [0.2, 0.25) is 0 Å². The predicted molar refractivity (Wildman–Crippen MR) is 214 cm³/mol. The van der Waals surface area contributed by atoms with Gasteiger partial charge in [0, 0.05) is 12.8 Å². The van der Waals surface area contributed by atoms with Crippen LogP contribution >= 0.6 is 0 Å². The maximum Gasteiger partial charge on any atom is 0.306 e. The van der Waals surface area contributed by atoms with Gasteiger partial charge in [-0.05, 0) is 77.0 Å². The Kier molecular flexibility index (Phi) is 39.5. The van der Waals surface area contributed by atoms with Gasteiger partial charge in [-0.15, -0.1) is 0 Å². The quantitative estimate of drug-likeness (QED) is 0.0394. The molecular formula is C45H80O5. The average Bonchev–Trinajstić information content (AvgIpc) is 3.12. The van der Waals surface area contributed by atoms with Crippen molar-refractivity contribution in [3.05, 3.63) is 48.6 Å². The molecule has 0 bridgehead atoms. The number of carbonyl (C=O) groups is 2. The lowest BCUT2D eigenvalue weighted by molar-refractivity contribution is -0.161. The molecule has 0 rings (SSSR count). The van der Waals surface area contributed by atoms with Crippen molar-refractivity contribution >= 4 is 11.9 Å². The smallest absolute Gasteiger partial charge is 0.306 e. The molecule has 0 aromatic rings. The van der Waals surface area contributed by atoms with Gasteiger partial charge < -0.3 is 14.6 Å². The molecular weight excluding hydrogens is 620 g/mol. The molecule has 1 N–H and O–H groups in total. The van der Waals surface area contributed by atoms with Crippen LogP contribution in [0.5, 0.6) is 0 Å². The number of allylic oxidation sites excluding steroid dienone is 8. The van der Waals surface area contributed by atoms with Crippen molar-refractivity contribution in [2.24, 2.45) is 0 Å². The largest absolute Gasteiger partial charge is 0.462 e.